The molecule has 2 aromatic rings. The van der Waals surface area contributed by atoms with Crippen molar-refractivity contribution < 1.29 is 49.0 Å². The molecule has 11 heteroatoms. The number of hydrogen-bond acceptors (Lipinski definition) is 11. The normalized spacial score (nSPS) is 32.5. The minimum Gasteiger partial charge on any atom is -0.507 e. The lowest BCUT2D eigenvalue weighted by Gasteiger charge is -2.41. The van der Waals surface area contributed by atoms with Crippen LogP contribution in [0.1, 0.15) is 68.8 Å². The number of ether oxygens (including phenoxy) is 3. The molecule has 6 rings (SSSR count). The van der Waals surface area contributed by atoms with Crippen LogP contribution in [0.25, 0.3) is 0 Å². The van der Waals surface area contributed by atoms with E-state index in [9.17, 15) is 34.8 Å². The standard InChI is InChI=1S/C28H29NO10/c1-10-22(31)12-6-17(39-27(10)12)38-15-8-28(36,16(30)9-29)7-13-19(15)26(35)21-20(24(13)33)23(32)11-4-3-5-14(37-2)18(11)25(21)34/h3-5,10,12,15,17,22,27,31,33,35-36H,6-9,29H2,1-2H3/t10?,12?,15-,17?,22?,27?,28-/m0/s1. The molecule has 1 heterocycles. The van der Waals surface area contributed by atoms with Crippen LogP contribution in [0.2, 0.25) is 0 Å². The summed E-state index contributed by atoms with van der Waals surface area (Å²) in [5, 5.41) is 44.5. The predicted octanol–water partition coefficient (Wildman–Crippen LogP) is 0.886. The van der Waals surface area contributed by atoms with Gasteiger partial charge in [-0.25, -0.2) is 0 Å². The van der Waals surface area contributed by atoms with Gasteiger partial charge in [0.1, 0.15) is 22.8 Å². The predicted molar refractivity (Wildman–Crippen MR) is 133 cm³/mol. The second-order valence-electron chi connectivity index (χ2n) is 10.8. The van der Waals surface area contributed by atoms with Crippen molar-refractivity contribution in [1.29, 1.82) is 0 Å². The van der Waals surface area contributed by atoms with Gasteiger partial charge in [-0.15, -0.1) is 0 Å². The van der Waals surface area contributed by atoms with Crippen LogP contribution in [0.5, 0.6) is 17.2 Å². The first-order valence-electron chi connectivity index (χ1n) is 12.8. The molecule has 1 saturated heterocycles. The lowest BCUT2D eigenvalue weighted by Crippen LogP contribution is -2.51. The molecule has 2 fully saturated rings. The number of ketones is 3. The molecular weight excluding hydrogens is 510 g/mol. The van der Waals surface area contributed by atoms with Crippen LogP contribution >= 0.6 is 0 Å². The van der Waals surface area contributed by atoms with Gasteiger partial charge >= 0.3 is 0 Å². The number of phenolic OH excluding ortho intramolecular Hbond substituents is 2. The second kappa shape index (κ2) is 8.83. The maximum absolute atomic E-state index is 13.7. The van der Waals surface area contributed by atoms with Gasteiger partial charge in [0.15, 0.2) is 17.9 Å². The summed E-state index contributed by atoms with van der Waals surface area (Å²) in [5.74, 6) is -3.49. The van der Waals surface area contributed by atoms with Crippen LogP contribution < -0.4 is 10.5 Å². The van der Waals surface area contributed by atoms with Gasteiger partial charge in [0.2, 0.25) is 5.78 Å². The van der Waals surface area contributed by atoms with E-state index in [1.54, 1.807) is 0 Å². The number of benzene rings is 2. The summed E-state index contributed by atoms with van der Waals surface area (Å²) in [6.45, 7) is 1.36. The van der Waals surface area contributed by atoms with Gasteiger partial charge in [0, 0.05) is 47.8 Å². The van der Waals surface area contributed by atoms with Crippen molar-refractivity contribution in [2.45, 2.75) is 56.4 Å². The molecule has 3 aliphatic carbocycles. The van der Waals surface area contributed by atoms with Crippen molar-refractivity contribution in [3.8, 4) is 17.2 Å². The monoisotopic (exact) mass is 539 g/mol. The lowest BCUT2D eigenvalue weighted by atomic mass is 9.70. The second-order valence-corrected chi connectivity index (χ2v) is 10.8. The maximum atomic E-state index is 13.7. The Morgan fingerprint density at radius 1 is 1.15 bits per heavy atom. The van der Waals surface area contributed by atoms with Gasteiger partial charge in [-0.2, -0.15) is 0 Å². The number of carbonyl (C=O) groups excluding carboxylic acids is 3. The highest BCUT2D eigenvalue weighted by atomic mass is 16.7. The first kappa shape index (κ1) is 25.9. The molecule has 0 bridgehead atoms. The van der Waals surface area contributed by atoms with Gasteiger partial charge in [-0.1, -0.05) is 19.1 Å². The number of Topliss-reactive ketones (excluding diaryl/α,β-unsaturated/α-hetero) is 1. The molecule has 7 atom stereocenters. The van der Waals surface area contributed by atoms with Crippen LogP contribution in [-0.2, 0) is 20.7 Å². The van der Waals surface area contributed by atoms with E-state index in [0.29, 0.717) is 6.42 Å². The SMILES string of the molecule is COc1cccc2c1C(=O)c1c(O)c3c(c(O)c1C2=O)C[C@@](O)(C(=O)CN)C[C@@H]3OC1CC2C(O)C(C)C2O1. The lowest BCUT2D eigenvalue weighted by molar-refractivity contribution is -0.205. The van der Waals surface area contributed by atoms with Crippen molar-refractivity contribution in [3.63, 3.8) is 0 Å². The van der Waals surface area contributed by atoms with E-state index in [1.807, 2.05) is 6.92 Å². The van der Waals surface area contributed by atoms with Crippen molar-refractivity contribution in [1.82, 2.24) is 0 Å². The highest BCUT2D eigenvalue weighted by Gasteiger charge is 2.56. The van der Waals surface area contributed by atoms with Gasteiger partial charge < -0.3 is 40.4 Å². The van der Waals surface area contributed by atoms with Crippen LogP contribution in [0.4, 0.5) is 0 Å². The Hall–Kier alpha value is -3.35. The Morgan fingerprint density at radius 2 is 1.87 bits per heavy atom. The quantitative estimate of drug-likeness (QED) is 0.290. The highest BCUT2D eigenvalue weighted by molar-refractivity contribution is 6.31. The van der Waals surface area contributed by atoms with Gasteiger partial charge in [0.05, 0.1) is 48.7 Å². The first-order chi connectivity index (χ1) is 18.5. The Morgan fingerprint density at radius 3 is 2.54 bits per heavy atom. The average Bonchev–Trinajstić information content (AvgIpc) is 3.31. The topological polar surface area (TPSA) is 186 Å². The van der Waals surface area contributed by atoms with E-state index in [1.165, 1.54) is 25.3 Å². The summed E-state index contributed by atoms with van der Waals surface area (Å²) in [7, 11) is 1.35. The van der Waals surface area contributed by atoms with Crippen molar-refractivity contribution in [2.75, 3.05) is 13.7 Å². The van der Waals surface area contributed by atoms with E-state index < -0.39 is 77.0 Å². The molecule has 0 radical (unpaired) electrons. The summed E-state index contributed by atoms with van der Waals surface area (Å²) in [4.78, 5) is 39.9. The number of fused-ring (bicyclic) bond motifs is 4. The molecule has 39 heavy (non-hydrogen) atoms. The number of nitrogens with two attached hydrogens (primary N) is 1. The zero-order valence-corrected chi connectivity index (χ0v) is 21.3. The molecular formula is C28H29NO10. The number of hydrogen-bond donors (Lipinski definition) is 5. The number of methoxy groups -OCH3 is 1. The van der Waals surface area contributed by atoms with E-state index in [2.05, 4.69) is 0 Å². The molecule has 1 saturated carbocycles. The van der Waals surface area contributed by atoms with Gasteiger partial charge in [-0.3, -0.25) is 14.4 Å². The molecule has 0 spiro atoms. The number of aliphatic hydroxyl groups is 2. The zero-order chi connectivity index (χ0) is 28.0. The third-order valence-corrected chi connectivity index (χ3v) is 8.79. The van der Waals surface area contributed by atoms with Gasteiger partial charge in [-0.05, 0) is 6.07 Å². The Bertz CT molecular complexity index is 1420. The fraction of sp³-hybridized carbons (Fsp3) is 0.464. The number of aromatic hydroxyl groups is 2. The van der Waals surface area contributed by atoms with Crippen LogP contribution in [0.15, 0.2) is 18.2 Å². The molecule has 0 aromatic heterocycles. The maximum Gasteiger partial charge on any atom is 0.202 e. The van der Waals surface area contributed by atoms with Gasteiger partial charge in [0.25, 0.3) is 0 Å². The first-order valence-corrected chi connectivity index (χ1v) is 12.8. The third-order valence-electron chi connectivity index (χ3n) is 8.79. The highest BCUT2D eigenvalue weighted by Crippen LogP contribution is 2.54. The minimum atomic E-state index is -2.07. The smallest absolute Gasteiger partial charge is 0.202 e. The van der Waals surface area contributed by atoms with Crippen molar-refractivity contribution >= 4 is 17.3 Å². The summed E-state index contributed by atoms with van der Waals surface area (Å²) in [5.41, 5.74) is 2.50. The van der Waals surface area contributed by atoms with Crippen molar-refractivity contribution in [3.05, 3.63) is 51.6 Å². The number of phenols is 2. The molecule has 2 aromatic carbocycles. The van der Waals surface area contributed by atoms with Crippen LogP contribution in [0, 0.1) is 11.8 Å². The molecule has 206 valence electrons. The van der Waals surface area contributed by atoms with Crippen molar-refractivity contribution in [2.24, 2.45) is 17.6 Å². The average molecular weight is 540 g/mol. The molecule has 11 nitrogen and oxygen atoms in total. The van der Waals surface area contributed by atoms with E-state index in [-0.39, 0.29) is 52.4 Å². The molecule has 1 aliphatic heterocycles. The molecule has 0 amide bonds. The molecule has 5 unspecified atom stereocenters. The molecule has 6 N–H and O–H groups in total. The number of aliphatic hydroxyl groups excluding tert-OH is 1. The third kappa shape index (κ3) is 3.51. The summed E-state index contributed by atoms with van der Waals surface area (Å²) in [6.07, 6.45) is -3.29. The number of carbonyl (C=O) groups is 3. The van der Waals surface area contributed by atoms with Crippen LogP contribution in [0.3, 0.4) is 0 Å². The fourth-order valence-electron chi connectivity index (χ4n) is 6.68. The summed E-state index contributed by atoms with van der Waals surface area (Å²) < 4.78 is 17.4. The van der Waals surface area contributed by atoms with Crippen LogP contribution in [-0.4, -0.2) is 75.5 Å². The fourth-order valence-corrected chi connectivity index (χ4v) is 6.68. The van der Waals surface area contributed by atoms with E-state index in [4.69, 9.17) is 19.9 Å². The van der Waals surface area contributed by atoms with E-state index >= 15 is 0 Å². The van der Waals surface area contributed by atoms with E-state index in [0.717, 1.165) is 0 Å². The minimum absolute atomic E-state index is 0.0130. The number of rotatable bonds is 5. The Labute approximate surface area is 223 Å². The molecule has 4 aliphatic rings. The Kier molecular flexibility index (Phi) is 5.87. The largest absolute Gasteiger partial charge is 0.507 e. The Balaban J connectivity index is 1.49. The zero-order valence-electron chi connectivity index (χ0n) is 21.3. The summed E-state index contributed by atoms with van der Waals surface area (Å²) >= 11 is 0. The summed E-state index contributed by atoms with van der Waals surface area (Å²) in [6, 6.07) is 4.45.